The van der Waals surface area contributed by atoms with Crippen LogP contribution in [0.15, 0.2) is 125 Å². The molecule has 10 nitrogen and oxygen atoms in total. The number of fused-ring (bicyclic) bond motifs is 9. The molecule has 4 aromatic heterocycles. The number of rotatable bonds is 5. The highest BCUT2D eigenvalue weighted by Crippen LogP contribution is 2.40. The lowest BCUT2D eigenvalue weighted by molar-refractivity contribution is 0.482. The highest BCUT2D eigenvalue weighted by atomic mass is 32.2. The zero-order valence-electron chi connectivity index (χ0n) is 25.4. The largest absolute Gasteiger partial charge is 0.353 e. The molecule has 1 aliphatic rings. The highest BCUT2D eigenvalue weighted by Gasteiger charge is 2.26. The maximum atomic E-state index is 13.2. The third-order valence-electron chi connectivity index (χ3n) is 8.47. The van der Waals surface area contributed by atoms with Crippen LogP contribution >= 0.6 is 0 Å². The fourth-order valence-corrected chi connectivity index (χ4v) is 7.74. The summed E-state index contributed by atoms with van der Waals surface area (Å²) in [4.78, 5) is 13.8. The molecular weight excluding hydrogens is 661 g/mol. The van der Waals surface area contributed by atoms with Gasteiger partial charge in [0.25, 0.3) is 20.2 Å². The Kier molecular flexibility index (Phi) is 7.12. The minimum Gasteiger partial charge on any atom is -0.353 e. The first-order valence-electron chi connectivity index (χ1n) is 15.1. The minimum absolute atomic E-state index is 0.0800. The van der Waals surface area contributed by atoms with E-state index < -0.39 is 30.0 Å². The molecule has 0 saturated heterocycles. The van der Waals surface area contributed by atoms with Gasteiger partial charge in [-0.2, -0.15) is 16.8 Å². The molecule has 0 radical (unpaired) electrons. The van der Waals surface area contributed by atoms with Crippen LogP contribution in [0, 0.1) is 0 Å². The molecular formula is C37H26N4O6S2. The highest BCUT2D eigenvalue weighted by molar-refractivity contribution is 7.86. The Morgan fingerprint density at radius 2 is 0.878 bits per heavy atom. The first kappa shape index (κ1) is 30.5. The van der Waals surface area contributed by atoms with Crippen LogP contribution in [0.25, 0.3) is 78.6 Å². The van der Waals surface area contributed by atoms with Gasteiger partial charge >= 0.3 is 0 Å². The SMILES string of the molecule is O=S(=O)(O)c1cc2[nH]c1c(-c1ccccc1)c1[nH]c(cc1S(=O)(=O)O)c(-c1ccccc1)c1ccc([nH]1)c1nc(c2-c2ccccc2)C=C1. The standard InChI is InChI=1S/C37H26N4O6S2/c42-48(43,44)31-20-29-33(22-10-4-1-5-11-22)27-18-16-25(38-27)26-17-19-28(39-26)34(23-12-6-2-7-13-23)30-21-32(49(45,46)47)37(41-30)35(36(31)40-29)24-14-8-3-9-15-24/h1-21,38,40-41H,(H,42,43,44)(H,45,46,47). The molecule has 3 aromatic carbocycles. The van der Waals surface area contributed by atoms with Crippen molar-refractivity contribution in [1.29, 1.82) is 0 Å². The van der Waals surface area contributed by atoms with E-state index in [-0.39, 0.29) is 16.6 Å². The molecule has 8 rings (SSSR count). The van der Waals surface area contributed by atoms with Gasteiger partial charge in [-0.1, -0.05) is 91.0 Å². The van der Waals surface area contributed by atoms with Gasteiger partial charge in [0.2, 0.25) is 0 Å². The van der Waals surface area contributed by atoms with Crippen molar-refractivity contribution >= 4 is 65.5 Å². The first-order valence-corrected chi connectivity index (χ1v) is 18.0. The molecule has 1 aliphatic heterocycles. The molecule has 0 aliphatic carbocycles. The lowest BCUT2D eigenvalue weighted by Gasteiger charge is -2.06. The Bertz CT molecular complexity index is 2800. The van der Waals surface area contributed by atoms with Crippen LogP contribution in [-0.2, 0) is 20.2 Å². The zero-order chi connectivity index (χ0) is 33.9. The smallest absolute Gasteiger partial charge is 0.296 e. The Morgan fingerprint density at radius 1 is 0.449 bits per heavy atom. The van der Waals surface area contributed by atoms with E-state index in [9.17, 15) is 25.9 Å². The number of hydrogen-bond donors (Lipinski definition) is 5. The van der Waals surface area contributed by atoms with Crippen molar-refractivity contribution in [1.82, 2.24) is 19.9 Å². The average Bonchev–Trinajstić information content (AvgIpc) is 3.90. The summed E-state index contributed by atoms with van der Waals surface area (Å²) < 4.78 is 74.0. The number of hydrogen-bond acceptors (Lipinski definition) is 5. The first-order chi connectivity index (χ1) is 23.6. The third kappa shape index (κ3) is 5.42. The fraction of sp³-hybridized carbons (Fsp3) is 0. The summed E-state index contributed by atoms with van der Waals surface area (Å²) in [5.74, 6) is 0. The molecule has 242 valence electrons. The molecule has 49 heavy (non-hydrogen) atoms. The van der Waals surface area contributed by atoms with E-state index in [0.717, 1.165) is 5.56 Å². The second kappa shape index (κ2) is 11.4. The number of nitrogens with one attached hydrogen (secondary N) is 3. The molecule has 0 spiro atoms. The van der Waals surface area contributed by atoms with Gasteiger partial charge in [-0.15, -0.1) is 0 Å². The van der Waals surface area contributed by atoms with Crippen LogP contribution in [0.3, 0.4) is 0 Å². The van der Waals surface area contributed by atoms with Gasteiger partial charge in [-0.25, -0.2) is 4.98 Å². The summed E-state index contributed by atoms with van der Waals surface area (Å²) >= 11 is 0. The van der Waals surface area contributed by atoms with Gasteiger partial charge in [-0.3, -0.25) is 9.11 Å². The van der Waals surface area contributed by atoms with E-state index in [1.807, 2.05) is 84.9 Å². The number of nitrogens with zero attached hydrogens (tertiary/aromatic N) is 1. The van der Waals surface area contributed by atoms with Crippen LogP contribution in [-0.4, -0.2) is 45.9 Å². The van der Waals surface area contributed by atoms with E-state index in [2.05, 4.69) is 15.0 Å². The van der Waals surface area contributed by atoms with Crippen molar-refractivity contribution in [2.24, 2.45) is 0 Å². The van der Waals surface area contributed by atoms with Crippen LogP contribution in [0.4, 0.5) is 0 Å². The number of H-pyrrole nitrogens is 3. The zero-order valence-corrected chi connectivity index (χ0v) is 27.0. The second-order valence-electron chi connectivity index (χ2n) is 11.5. The molecule has 0 unspecified atom stereocenters. The van der Waals surface area contributed by atoms with Gasteiger partial charge < -0.3 is 15.0 Å². The van der Waals surface area contributed by atoms with Crippen molar-refractivity contribution in [2.75, 3.05) is 0 Å². The maximum Gasteiger partial charge on any atom is 0.296 e. The van der Waals surface area contributed by atoms with E-state index in [1.54, 1.807) is 30.3 Å². The summed E-state index contributed by atoms with van der Waals surface area (Å²) in [6.07, 6.45) is 3.67. The van der Waals surface area contributed by atoms with Crippen molar-refractivity contribution in [3.8, 4) is 33.4 Å². The number of aromatic nitrogens is 4. The Morgan fingerprint density at radius 3 is 1.39 bits per heavy atom. The maximum absolute atomic E-state index is 13.2. The quantitative estimate of drug-likeness (QED) is 0.114. The minimum atomic E-state index is -4.91. The van der Waals surface area contributed by atoms with Crippen LogP contribution < -0.4 is 0 Å². The fourth-order valence-electron chi connectivity index (χ4n) is 6.39. The summed E-state index contributed by atoms with van der Waals surface area (Å²) in [6.45, 7) is 0. The Hall–Kier alpha value is -5.79. The molecule has 7 aromatic rings. The summed E-state index contributed by atoms with van der Waals surface area (Å²) in [7, 11) is -9.82. The lowest BCUT2D eigenvalue weighted by atomic mass is 10.0. The number of benzene rings is 3. The molecule has 0 atom stereocenters. The van der Waals surface area contributed by atoms with Crippen LogP contribution in [0.1, 0.15) is 11.4 Å². The van der Waals surface area contributed by atoms with Crippen molar-refractivity contribution in [3.63, 3.8) is 0 Å². The van der Waals surface area contributed by atoms with Gasteiger partial charge in [0.1, 0.15) is 9.79 Å². The van der Waals surface area contributed by atoms with Crippen molar-refractivity contribution in [2.45, 2.75) is 9.79 Å². The third-order valence-corrected chi connectivity index (χ3v) is 10.2. The summed E-state index contributed by atoms with van der Waals surface area (Å²) in [6, 6.07) is 33.4. The van der Waals surface area contributed by atoms with Gasteiger partial charge in [0, 0.05) is 27.7 Å². The monoisotopic (exact) mass is 686 g/mol. The van der Waals surface area contributed by atoms with Gasteiger partial charge in [0.05, 0.1) is 33.5 Å². The van der Waals surface area contributed by atoms with Crippen LogP contribution in [0.2, 0.25) is 0 Å². The van der Waals surface area contributed by atoms with Crippen LogP contribution in [0.5, 0.6) is 0 Å². The molecule has 8 bridgehead atoms. The summed E-state index contributed by atoms with van der Waals surface area (Å²) in [5.41, 5.74) is 5.91. The predicted molar refractivity (Wildman–Crippen MR) is 191 cm³/mol. The van der Waals surface area contributed by atoms with Gasteiger partial charge in [0.15, 0.2) is 0 Å². The molecule has 5 N–H and O–H groups in total. The molecule has 0 amide bonds. The van der Waals surface area contributed by atoms with Gasteiger partial charge in [-0.05, 0) is 53.1 Å². The molecule has 5 heterocycles. The van der Waals surface area contributed by atoms with E-state index in [0.29, 0.717) is 55.7 Å². The Balaban J connectivity index is 1.72. The van der Waals surface area contributed by atoms with Crippen molar-refractivity contribution < 1.29 is 25.9 Å². The average molecular weight is 687 g/mol. The van der Waals surface area contributed by atoms with Crippen molar-refractivity contribution in [3.05, 3.63) is 127 Å². The topological polar surface area (TPSA) is 169 Å². The lowest BCUT2D eigenvalue weighted by Crippen LogP contribution is -1.99. The molecule has 0 fully saturated rings. The number of aromatic amines is 3. The summed E-state index contributed by atoms with van der Waals surface area (Å²) in [5, 5.41) is 0. The molecule has 12 heteroatoms. The molecule has 0 saturated carbocycles. The second-order valence-corrected chi connectivity index (χ2v) is 14.3. The van der Waals surface area contributed by atoms with E-state index in [4.69, 9.17) is 4.98 Å². The normalized spacial score (nSPS) is 12.5. The Labute approximate surface area is 280 Å². The van der Waals surface area contributed by atoms with E-state index >= 15 is 0 Å². The van der Waals surface area contributed by atoms with E-state index in [1.165, 1.54) is 12.1 Å². The predicted octanol–water partition coefficient (Wildman–Crippen LogP) is 8.19.